The van der Waals surface area contributed by atoms with Gasteiger partial charge in [0.05, 0.1) is 0 Å². The average Bonchev–Trinajstić information content (AvgIpc) is 2.48. The Kier molecular flexibility index (Phi) is 2.33. The number of alkyl halides is 3. The Morgan fingerprint density at radius 2 is 1.93 bits per heavy atom. The van der Waals surface area contributed by atoms with Crippen molar-refractivity contribution >= 4 is 11.8 Å². The first-order chi connectivity index (χ1) is 6.32. The number of carboxylic acids is 1. The second-order valence-corrected chi connectivity index (χ2v) is 2.43. The zero-order valence-electron chi connectivity index (χ0n) is 6.55. The van der Waals surface area contributed by atoms with Crippen LogP contribution in [0.5, 0.6) is 0 Å². The van der Waals surface area contributed by atoms with E-state index < -0.39 is 29.2 Å². The molecule has 2 N–H and O–H groups in total. The van der Waals surface area contributed by atoms with Crippen molar-refractivity contribution in [1.82, 2.24) is 4.98 Å². The van der Waals surface area contributed by atoms with Crippen LogP contribution in [0.15, 0.2) is 12.3 Å². The van der Waals surface area contributed by atoms with Gasteiger partial charge in [0.1, 0.15) is 5.69 Å². The number of nitrogens with one attached hydrogen (secondary N) is 1. The zero-order chi connectivity index (χ0) is 10.9. The lowest BCUT2D eigenvalue weighted by Gasteiger charge is -2.01. The molecule has 0 bridgehead atoms. The predicted molar refractivity (Wildman–Crippen MR) is 38.1 cm³/mol. The first-order valence-electron chi connectivity index (χ1n) is 3.35. The standard InChI is InChI=1S/C7H4F3NO3/c8-7(9,10)5(12)3-1-4(6(13)14)11-2-3/h1-2,11H,(H,13,14). The first kappa shape index (κ1) is 10.3. The quantitative estimate of drug-likeness (QED) is 0.721. The molecule has 0 unspecified atom stereocenters. The minimum absolute atomic E-state index is 0.461. The molecular formula is C7H4F3NO3. The third-order valence-corrected chi connectivity index (χ3v) is 1.43. The number of ketones is 1. The molecule has 76 valence electrons. The molecule has 0 radical (unpaired) electrons. The van der Waals surface area contributed by atoms with Crippen LogP contribution in [0.1, 0.15) is 20.8 Å². The number of aromatic carboxylic acids is 1. The fourth-order valence-electron chi connectivity index (χ4n) is 0.813. The van der Waals surface area contributed by atoms with Crippen molar-refractivity contribution in [3.63, 3.8) is 0 Å². The number of aromatic amines is 1. The monoisotopic (exact) mass is 207 g/mol. The normalized spacial score (nSPS) is 11.4. The van der Waals surface area contributed by atoms with Crippen molar-refractivity contribution in [2.24, 2.45) is 0 Å². The van der Waals surface area contributed by atoms with E-state index in [-0.39, 0.29) is 0 Å². The van der Waals surface area contributed by atoms with E-state index in [9.17, 15) is 22.8 Å². The SMILES string of the molecule is O=C(O)c1cc(C(=O)C(F)(F)F)c[nH]1. The second-order valence-electron chi connectivity index (χ2n) is 2.43. The van der Waals surface area contributed by atoms with Crippen LogP contribution in [-0.4, -0.2) is 28.0 Å². The number of Topliss-reactive ketones (excluding diaryl/α,β-unsaturated/α-hetero) is 1. The van der Waals surface area contributed by atoms with Crippen LogP contribution >= 0.6 is 0 Å². The minimum atomic E-state index is -4.99. The third-order valence-electron chi connectivity index (χ3n) is 1.43. The Labute approximate surface area is 75.3 Å². The van der Waals surface area contributed by atoms with Crippen LogP contribution in [-0.2, 0) is 0 Å². The topological polar surface area (TPSA) is 70.2 Å². The van der Waals surface area contributed by atoms with E-state index in [1.54, 1.807) is 0 Å². The van der Waals surface area contributed by atoms with Gasteiger partial charge in [-0.05, 0) is 6.07 Å². The number of carboxylic acid groups (broad SMARTS) is 1. The smallest absolute Gasteiger partial charge is 0.454 e. The van der Waals surface area contributed by atoms with Crippen molar-refractivity contribution < 1.29 is 27.9 Å². The van der Waals surface area contributed by atoms with Crippen LogP contribution in [0, 0.1) is 0 Å². The average molecular weight is 207 g/mol. The van der Waals surface area contributed by atoms with Gasteiger partial charge in [-0.25, -0.2) is 4.79 Å². The van der Waals surface area contributed by atoms with Crippen molar-refractivity contribution in [2.75, 3.05) is 0 Å². The lowest BCUT2D eigenvalue weighted by Crippen LogP contribution is -2.22. The molecule has 0 atom stereocenters. The molecule has 0 aliphatic carbocycles. The molecule has 0 aliphatic heterocycles. The van der Waals surface area contributed by atoms with Gasteiger partial charge >= 0.3 is 12.1 Å². The fourth-order valence-corrected chi connectivity index (χ4v) is 0.813. The number of hydrogen-bond donors (Lipinski definition) is 2. The van der Waals surface area contributed by atoms with E-state index in [0.717, 1.165) is 0 Å². The van der Waals surface area contributed by atoms with Crippen LogP contribution < -0.4 is 0 Å². The van der Waals surface area contributed by atoms with E-state index >= 15 is 0 Å². The van der Waals surface area contributed by atoms with Gasteiger partial charge in [-0.3, -0.25) is 4.79 Å². The highest BCUT2D eigenvalue weighted by Crippen LogP contribution is 2.21. The summed E-state index contributed by atoms with van der Waals surface area (Å²) >= 11 is 0. The first-order valence-corrected chi connectivity index (χ1v) is 3.35. The Morgan fingerprint density at radius 3 is 2.29 bits per heavy atom. The molecule has 0 spiro atoms. The van der Waals surface area contributed by atoms with Gasteiger partial charge < -0.3 is 10.1 Å². The maximum Gasteiger partial charge on any atom is 0.454 e. The van der Waals surface area contributed by atoms with E-state index in [0.29, 0.717) is 12.3 Å². The van der Waals surface area contributed by atoms with Crippen molar-refractivity contribution in [3.8, 4) is 0 Å². The van der Waals surface area contributed by atoms with Crippen LogP contribution in [0.2, 0.25) is 0 Å². The van der Waals surface area contributed by atoms with Crippen molar-refractivity contribution in [3.05, 3.63) is 23.5 Å². The minimum Gasteiger partial charge on any atom is -0.477 e. The molecular weight excluding hydrogens is 203 g/mol. The number of aromatic nitrogens is 1. The molecule has 4 nitrogen and oxygen atoms in total. The fraction of sp³-hybridized carbons (Fsp3) is 0.143. The van der Waals surface area contributed by atoms with E-state index in [4.69, 9.17) is 5.11 Å². The molecule has 14 heavy (non-hydrogen) atoms. The summed E-state index contributed by atoms with van der Waals surface area (Å²) in [6, 6.07) is 0.637. The number of carbonyl (C=O) groups excluding carboxylic acids is 1. The number of carbonyl (C=O) groups is 2. The van der Waals surface area contributed by atoms with Gasteiger partial charge in [0.2, 0.25) is 0 Å². The highest BCUT2D eigenvalue weighted by Gasteiger charge is 2.39. The highest BCUT2D eigenvalue weighted by atomic mass is 19.4. The Hall–Kier alpha value is -1.79. The largest absolute Gasteiger partial charge is 0.477 e. The lowest BCUT2D eigenvalue weighted by molar-refractivity contribution is -0.0885. The van der Waals surface area contributed by atoms with E-state index in [1.807, 2.05) is 4.98 Å². The van der Waals surface area contributed by atoms with E-state index in [1.165, 1.54) is 0 Å². The molecule has 0 saturated heterocycles. The Morgan fingerprint density at radius 1 is 1.36 bits per heavy atom. The maximum absolute atomic E-state index is 11.8. The van der Waals surface area contributed by atoms with Gasteiger partial charge in [0, 0.05) is 11.8 Å². The third kappa shape index (κ3) is 1.93. The molecule has 1 aromatic rings. The van der Waals surface area contributed by atoms with Crippen LogP contribution in [0.3, 0.4) is 0 Å². The highest BCUT2D eigenvalue weighted by molar-refractivity contribution is 6.01. The van der Waals surface area contributed by atoms with Gasteiger partial charge in [-0.15, -0.1) is 0 Å². The summed E-state index contributed by atoms with van der Waals surface area (Å²) in [6.07, 6.45) is -4.28. The molecule has 0 saturated carbocycles. The number of H-pyrrole nitrogens is 1. The molecule has 1 aromatic heterocycles. The summed E-state index contributed by atoms with van der Waals surface area (Å²) in [7, 11) is 0. The molecule has 7 heteroatoms. The van der Waals surface area contributed by atoms with E-state index in [2.05, 4.69) is 0 Å². The van der Waals surface area contributed by atoms with Gasteiger partial charge in [-0.2, -0.15) is 13.2 Å². The summed E-state index contributed by atoms with van der Waals surface area (Å²) < 4.78 is 35.5. The summed E-state index contributed by atoms with van der Waals surface area (Å²) in [5.41, 5.74) is -1.17. The number of hydrogen-bond acceptors (Lipinski definition) is 2. The molecule has 0 aromatic carbocycles. The molecule has 0 amide bonds. The number of rotatable bonds is 2. The Balaban J connectivity index is 2.99. The summed E-state index contributed by atoms with van der Waals surface area (Å²) in [6.45, 7) is 0. The Bertz CT molecular complexity index is 380. The van der Waals surface area contributed by atoms with Gasteiger partial charge in [0.15, 0.2) is 0 Å². The molecule has 1 rings (SSSR count). The molecule has 1 heterocycles. The van der Waals surface area contributed by atoms with Crippen molar-refractivity contribution in [2.45, 2.75) is 6.18 Å². The molecule has 0 fully saturated rings. The van der Waals surface area contributed by atoms with Crippen LogP contribution in [0.4, 0.5) is 13.2 Å². The maximum atomic E-state index is 11.8. The number of halogens is 3. The second kappa shape index (κ2) is 3.17. The lowest BCUT2D eigenvalue weighted by atomic mass is 10.2. The summed E-state index contributed by atoms with van der Waals surface area (Å²) in [5, 5.41) is 8.36. The van der Waals surface area contributed by atoms with Gasteiger partial charge in [0.25, 0.3) is 5.78 Å². The molecule has 0 aliphatic rings. The zero-order valence-corrected chi connectivity index (χ0v) is 6.55. The predicted octanol–water partition coefficient (Wildman–Crippen LogP) is 1.46. The van der Waals surface area contributed by atoms with Crippen LogP contribution in [0.25, 0.3) is 0 Å². The summed E-state index contributed by atoms with van der Waals surface area (Å²) in [4.78, 5) is 22.9. The van der Waals surface area contributed by atoms with Gasteiger partial charge in [-0.1, -0.05) is 0 Å². The summed E-state index contributed by atoms with van der Waals surface area (Å²) in [5.74, 6) is -3.49. The van der Waals surface area contributed by atoms with Crippen molar-refractivity contribution in [1.29, 1.82) is 0 Å².